The van der Waals surface area contributed by atoms with E-state index in [4.69, 9.17) is 10.6 Å². The summed E-state index contributed by atoms with van der Waals surface area (Å²) in [6.45, 7) is 4.96. The van der Waals surface area contributed by atoms with Crippen molar-refractivity contribution in [3.63, 3.8) is 0 Å². The van der Waals surface area contributed by atoms with Gasteiger partial charge in [0.15, 0.2) is 0 Å². The van der Waals surface area contributed by atoms with Crippen LogP contribution in [0.25, 0.3) is 0 Å². The molecule has 1 atom stereocenters. The number of hydrogen-bond donors (Lipinski definition) is 2. The first kappa shape index (κ1) is 14.0. The number of hydrazine groups is 1. The van der Waals surface area contributed by atoms with Crippen LogP contribution >= 0.6 is 11.3 Å². The summed E-state index contributed by atoms with van der Waals surface area (Å²) in [6, 6.07) is 2.34. The van der Waals surface area contributed by atoms with Crippen molar-refractivity contribution in [3.05, 3.63) is 21.9 Å². The number of thiophene rings is 1. The van der Waals surface area contributed by atoms with Crippen molar-refractivity contribution >= 4 is 11.3 Å². The fourth-order valence-corrected chi connectivity index (χ4v) is 3.85. The minimum absolute atomic E-state index is 0.114. The van der Waals surface area contributed by atoms with Gasteiger partial charge in [-0.1, -0.05) is 19.3 Å². The number of nitrogens with one attached hydrogen (secondary N) is 1. The molecule has 0 saturated heterocycles. The summed E-state index contributed by atoms with van der Waals surface area (Å²) in [6.07, 6.45) is 5.99. The first-order chi connectivity index (χ1) is 8.72. The third-order valence-electron chi connectivity index (χ3n) is 3.91. The highest BCUT2D eigenvalue weighted by Gasteiger charge is 2.41. The molecular formula is C14H24N2OS. The summed E-state index contributed by atoms with van der Waals surface area (Å²) >= 11 is 1.78. The minimum atomic E-state index is -0.116. The maximum absolute atomic E-state index is 6.15. The Morgan fingerprint density at radius 3 is 2.67 bits per heavy atom. The smallest absolute Gasteiger partial charge is 0.0889 e. The van der Waals surface area contributed by atoms with Gasteiger partial charge in [-0.15, -0.1) is 11.3 Å². The highest BCUT2D eigenvalue weighted by atomic mass is 32.1. The van der Waals surface area contributed by atoms with Crippen LogP contribution in [0.3, 0.4) is 0 Å². The zero-order valence-electron chi connectivity index (χ0n) is 11.4. The van der Waals surface area contributed by atoms with E-state index in [9.17, 15) is 0 Å². The molecule has 1 saturated carbocycles. The van der Waals surface area contributed by atoms with E-state index in [2.05, 4.69) is 30.7 Å². The second-order valence-electron chi connectivity index (χ2n) is 5.15. The summed E-state index contributed by atoms with van der Waals surface area (Å²) in [5.74, 6) is 5.83. The monoisotopic (exact) mass is 268 g/mol. The van der Waals surface area contributed by atoms with Crippen LogP contribution in [0.15, 0.2) is 11.4 Å². The SMILES string of the molecule is CCOC1(C(NN)c2csc(C)c2)CCCCC1. The van der Waals surface area contributed by atoms with Gasteiger partial charge in [-0.3, -0.25) is 11.3 Å². The Labute approximate surface area is 114 Å². The topological polar surface area (TPSA) is 47.3 Å². The molecule has 4 heteroatoms. The normalized spacial score (nSPS) is 20.8. The van der Waals surface area contributed by atoms with Crippen LogP contribution in [0.2, 0.25) is 0 Å². The largest absolute Gasteiger partial charge is 0.373 e. The van der Waals surface area contributed by atoms with Crippen molar-refractivity contribution in [1.29, 1.82) is 0 Å². The van der Waals surface area contributed by atoms with Crippen molar-refractivity contribution in [1.82, 2.24) is 5.43 Å². The van der Waals surface area contributed by atoms with Crippen LogP contribution in [0.5, 0.6) is 0 Å². The Kier molecular flexibility index (Phi) is 4.78. The first-order valence-corrected chi connectivity index (χ1v) is 7.75. The summed E-state index contributed by atoms with van der Waals surface area (Å²) in [4.78, 5) is 1.33. The molecule has 1 unspecified atom stereocenters. The Bertz CT molecular complexity index is 366. The standard InChI is InChI=1S/C14H24N2OS/c1-3-17-14(7-5-4-6-8-14)13(16-15)12-9-11(2)18-10-12/h9-10,13,16H,3-8,15H2,1-2H3. The van der Waals surface area contributed by atoms with Crippen molar-refractivity contribution in [2.75, 3.05) is 6.61 Å². The quantitative estimate of drug-likeness (QED) is 0.636. The van der Waals surface area contributed by atoms with E-state index in [0.717, 1.165) is 19.4 Å². The molecule has 1 aliphatic rings. The lowest BCUT2D eigenvalue weighted by Crippen LogP contribution is -2.49. The molecule has 1 fully saturated rings. The average molecular weight is 268 g/mol. The fourth-order valence-electron chi connectivity index (χ4n) is 3.12. The van der Waals surface area contributed by atoms with Gasteiger partial charge in [-0.25, -0.2) is 0 Å². The van der Waals surface area contributed by atoms with Crippen LogP contribution in [0.4, 0.5) is 0 Å². The molecule has 102 valence electrons. The van der Waals surface area contributed by atoms with Crippen LogP contribution < -0.4 is 11.3 Å². The molecule has 1 aromatic rings. The van der Waals surface area contributed by atoms with E-state index in [-0.39, 0.29) is 11.6 Å². The van der Waals surface area contributed by atoms with Gasteiger partial charge in [-0.2, -0.15) is 0 Å². The molecule has 0 aromatic carbocycles. The molecule has 1 aliphatic carbocycles. The van der Waals surface area contributed by atoms with Gasteiger partial charge in [0, 0.05) is 11.5 Å². The molecule has 18 heavy (non-hydrogen) atoms. The first-order valence-electron chi connectivity index (χ1n) is 6.87. The van der Waals surface area contributed by atoms with Gasteiger partial charge in [0.2, 0.25) is 0 Å². The lowest BCUT2D eigenvalue weighted by Gasteiger charge is -2.42. The van der Waals surface area contributed by atoms with Gasteiger partial charge in [0.05, 0.1) is 11.6 Å². The highest BCUT2D eigenvalue weighted by Crippen LogP contribution is 2.42. The number of rotatable bonds is 5. The maximum atomic E-state index is 6.15. The van der Waals surface area contributed by atoms with Gasteiger partial charge >= 0.3 is 0 Å². The van der Waals surface area contributed by atoms with E-state index in [1.165, 1.54) is 29.7 Å². The Morgan fingerprint density at radius 2 is 2.17 bits per heavy atom. The molecule has 0 spiro atoms. The van der Waals surface area contributed by atoms with Gasteiger partial charge in [0.25, 0.3) is 0 Å². The van der Waals surface area contributed by atoms with E-state index in [0.29, 0.717) is 0 Å². The zero-order chi connectivity index (χ0) is 13.0. The molecule has 2 rings (SSSR count). The molecule has 0 radical (unpaired) electrons. The highest BCUT2D eigenvalue weighted by molar-refractivity contribution is 7.10. The van der Waals surface area contributed by atoms with Crippen molar-refractivity contribution in [3.8, 4) is 0 Å². The summed E-state index contributed by atoms with van der Waals surface area (Å²) in [5, 5.41) is 2.20. The third kappa shape index (κ3) is 2.77. The number of aryl methyl sites for hydroxylation is 1. The second-order valence-corrected chi connectivity index (χ2v) is 6.26. The Morgan fingerprint density at radius 1 is 1.44 bits per heavy atom. The number of ether oxygens (including phenoxy) is 1. The van der Waals surface area contributed by atoms with Crippen molar-refractivity contribution < 1.29 is 4.74 Å². The zero-order valence-corrected chi connectivity index (χ0v) is 12.2. The van der Waals surface area contributed by atoms with Crippen molar-refractivity contribution in [2.45, 2.75) is 57.6 Å². The summed E-state index contributed by atoms with van der Waals surface area (Å²) in [7, 11) is 0. The van der Waals surface area contributed by atoms with E-state index in [1.54, 1.807) is 11.3 Å². The molecule has 0 aliphatic heterocycles. The molecule has 3 N–H and O–H groups in total. The molecule has 0 bridgehead atoms. The summed E-state index contributed by atoms with van der Waals surface area (Å²) in [5.41, 5.74) is 4.17. The van der Waals surface area contributed by atoms with Gasteiger partial charge < -0.3 is 4.74 Å². The Balaban J connectivity index is 2.26. The molecule has 1 aromatic heterocycles. The Hall–Kier alpha value is -0.420. The van der Waals surface area contributed by atoms with E-state index >= 15 is 0 Å². The lowest BCUT2D eigenvalue weighted by molar-refractivity contribution is -0.0912. The minimum Gasteiger partial charge on any atom is -0.373 e. The van der Waals surface area contributed by atoms with Crippen LogP contribution in [-0.2, 0) is 4.74 Å². The fraction of sp³-hybridized carbons (Fsp3) is 0.714. The van der Waals surface area contributed by atoms with Gasteiger partial charge in [0.1, 0.15) is 0 Å². The second kappa shape index (κ2) is 6.15. The number of nitrogens with two attached hydrogens (primary N) is 1. The molecule has 3 nitrogen and oxygen atoms in total. The number of hydrogen-bond acceptors (Lipinski definition) is 4. The van der Waals surface area contributed by atoms with Crippen LogP contribution in [0, 0.1) is 6.92 Å². The predicted molar refractivity (Wildman–Crippen MR) is 76.6 cm³/mol. The molecular weight excluding hydrogens is 244 g/mol. The van der Waals surface area contributed by atoms with Crippen LogP contribution in [0.1, 0.15) is 55.5 Å². The van der Waals surface area contributed by atoms with Crippen LogP contribution in [-0.4, -0.2) is 12.2 Å². The average Bonchev–Trinajstić information content (AvgIpc) is 2.78. The predicted octanol–water partition coefficient (Wildman–Crippen LogP) is 3.30. The van der Waals surface area contributed by atoms with Crippen molar-refractivity contribution in [2.24, 2.45) is 5.84 Å². The van der Waals surface area contributed by atoms with Gasteiger partial charge in [-0.05, 0) is 43.7 Å². The lowest BCUT2D eigenvalue weighted by atomic mass is 9.77. The maximum Gasteiger partial charge on any atom is 0.0889 e. The molecule has 0 amide bonds. The molecule has 1 heterocycles. The van der Waals surface area contributed by atoms with E-state index < -0.39 is 0 Å². The third-order valence-corrected chi connectivity index (χ3v) is 4.79. The van der Waals surface area contributed by atoms with E-state index in [1.807, 2.05) is 0 Å². The summed E-state index contributed by atoms with van der Waals surface area (Å²) < 4.78 is 6.15.